The van der Waals surface area contributed by atoms with Gasteiger partial charge in [0.25, 0.3) is 0 Å². The molecule has 0 bridgehead atoms. The third-order valence-corrected chi connectivity index (χ3v) is 7.10. The van der Waals surface area contributed by atoms with Gasteiger partial charge in [0, 0.05) is 60.3 Å². The highest BCUT2D eigenvalue weighted by atomic mass is 16.5. The SMILES string of the molecule is O=C(c1cn(CC(=O)N2CC(C(=O)O)C3(CCOCC3)C2)c2ccccc12)C1CC1. The minimum absolute atomic E-state index is 0.101. The Hall–Kier alpha value is -2.67. The van der Waals surface area contributed by atoms with Crippen LogP contribution in [-0.2, 0) is 20.9 Å². The highest BCUT2D eigenvalue weighted by Crippen LogP contribution is 2.44. The first-order valence-corrected chi connectivity index (χ1v) is 10.7. The number of carbonyl (C=O) groups excluding carboxylic acids is 2. The Bertz CT molecular complexity index is 1020. The first kappa shape index (κ1) is 19.3. The van der Waals surface area contributed by atoms with E-state index in [4.69, 9.17) is 4.74 Å². The van der Waals surface area contributed by atoms with Gasteiger partial charge in [-0.1, -0.05) is 18.2 Å². The summed E-state index contributed by atoms with van der Waals surface area (Å²) in [6, 6.07) is 7.67. The zero-order valence-corrected chi connectivity index (χ0v) is 16.9. The largest absolute Gasteiger partial charge is 0.481 e. The Balaban J connectivity index is 1.40. The number of ketones is 1. The fourth-order valence-corrected chi connectivity index (χ4v) is 5.17. The van der Waals surface area contributed by atoms with Crippen molar-refractivity contribution in [2.45, 2.75) is 32.2 Å². The molecule has 2 aliphatic heterocycles. The minimum atomic E-state index is -0.837. The maximum atomic E-state index is 13.2. The zero-order valence-electron chi connectivity index (χ0n) is 16.9. The fraction of sp³-hybridized carbons (Fsp3) is 0.522. The van der Waals surface area contributed by atoms with Crippen molar-refractivity contribution in [1.29, 1.82) is 0 Å². The number of carboxylic acids is 1. The predicted molar refractivity (Wildman–Crippen MR) is 109 cm³/mol. The molecule has 0 radical (unpaired) electrons. The van der Waals surface area contributed by atoms with Crippen LogP contribution in [0.1, 0.15) is 36.0 Å². The van der Waals surface area contributed by atoms with Crippen LogP contribution in [0.25, 0.3) is 10.9 Å². The summed E-state index contributed by atoms with van der Waals surface area (Å²) < 4.78 is 7.29. The van der Waals surface area contributed by atoms with Gasteiger partial charge in [-0.2, -0.15) is 0 Å². The lowest BCUT2D eigenvalue weighted by molar-refractivity contribution is -0.146. The first-order valence-electron chi connectivity index (χ1n) is 10.7. The number of hydrogen-bond acceptors (Lipinski definition) is 4. The molecule has 1 N–H and O–H groups in total. The number of likely N-dealkylation sites (tertiary alicyclic amines) is 1. The van der Waals surface area contributed by atoms with Crippen LogP contribution in [0.15, 0.2) is 30.5 Å². The Labute approximate surface area is 174 Å². The summed E-state index contributed by atoms with van der Waals surface area (Å²) in [7, 11) is 0. The molecule has 7 nitrogen and oxygen atoms in total. The molecule has 1 aliphatic carbocycles. The molecule has 7 heteroatoms. The van der Waals surface area contributed by atoms with Crippen molar-refractivity contribution in [3.05, 3.63) is 36.0 Å². The van der Waals surface area contributed by atoms with Gasteiger partial charge < -0.3 is 19.3 Å². The maximum Gasteiger partial charge on any atom is 0.308 e. The summed E-state index contributed by atoms with van der Waals surface area (Å²) in [4.78, 5) is 39.5. The average Bonchev–Trinajstić information content (AvgIpc) is 3.45. The number of rotatable bonds is 5. The van der Waals surface area contributed by atoms with Gasteiger partial charge in [-0.05, 0) is 31.7 Å². The van der Waals surface area contributed by atoms with Crippen LogP contribution in [0.4, 0.5) is 0 Å². The van der Waals surface area contributed by atoms with Crippen LogP contribution in [0.2, 0.25) is 0 Å². The number of fused-ring (bicyclic) bond motifs is 1. The monoisotopic (exact) mass is 410 g/mol. The fourth-order valence-electron chi connectivity index (χ4n) is 5.17. The van der Waals surface area contributed by atoms with Crippen molar-refractivity contribution in [3.63, 3.8) is 0 Å². The van der Waals surface area contributed by atoms with Gasteiger partial charge in [0.05, 0.1) is 5.92 Å². The van der Waals surface area contributed by atoms with E-state index in [1.165, 1.54) is 0 Å². The molecule has 3 heterocycles. The Morgan fingerprint density at radius 2 is 1.87 bits per heavy atom. The van der Waals surface area contributed by atoms with Gasteiger partial charge in [-0.15, -0.1) is 0 Å². The summed E-state index contributed by atoms with van der Waals surface area (Å²) in [6.45, 7) is 1.89. The van der Waals surface area contributed by atoms with Crippen molar-refractivity contribution < 1.29 is 24.2 Å². The standard InChI is InChI=1S/C23H26N2O5/c26-20(25-12-18(22(28)29)23(14-25)7-9-30-10-8-23)13-24-11-17(21(27)15-5-6-15)16-3-1-2-4-19(16)24/h1-4,11,15,18H,5-10,12-14H2,(H,28,29). The molecule has 1 spiro atoms. The highest BCUT2D eigenvalue weighted by Gasteiger charge is 2.51. The van der Waals surface area contributed by atoms with Crippen molar-refractivity contribution in [2.75, 3.05) is 26.3 Å². The molecule has 2 aromatic rings. The van der Waals surface area contributed by atoms with Crippen LogP contribution in [0, 0.1) is 17.3 Å². The molecule has 1 unspecified atom stereocenters. The molecule has 30 heavy (non-hydrogen) atoms. The molecule has 1 atom stereocenters. The molecule has 3 aliphatic rings. The third kappa shape index (κ3) is 3.21. The molecular formula is C23H26N2O5. The summed E-state index contributed by atoms with van der Waals surface area (Å²) in [5, 5.41) is 10.6. The van der Waals surface area contributed by atoms with E-state index in [1.807, 2.05) is 28.8 Å². The van der Waals surface area contributed by atoms with Gasteiger partial charge in [0.2, 0.25) is 5.91 Å². The molecule has 5 rings (SSSR count). The van der Waals surface area contributed by atoms with Crippen LogP contribution in [0.5, 0.6) is 0 Å². The number of carboxylic acid groups (broad SMARTS) is 1. The number of aromatic nitrogens is 1. The third-order valence-electron chi connectivity index (χ3n) is 7.10. The van der Waals surface area contributed by atoms with Crippen molar-refractivity contribution in [2.24, 2.45) is 17.3 Å². The summed E-state index contributed by atoms with van der Waals surface area (Å²) >= 11 is 0. The Morgan fingerprint density at radius 1 is 1.13 bits per heavy atom. The lowest BCUT2D eigenvalue weighted by Crippen LogP contribution is -2.40. The molecular weight excluding hydrogens is 384 g/mol. The van der Waals surface area contributed by atoms with E-state index in [2.05, 4.69) is 0 Å². The predicted octanol–water partition coefficient (Wildman–Crippen LogP) is 2.57. The zero-order chi connectivity index (χ0) is 20.9. The first-order chi connectivity index (χ1) is 14.5. The van der Waals surface area contributed by atoms with E-state index in [0.29, 0.717) is 38.2 Å². The molecule has 158 valence electrons. The minimum Gasteiger partial charge on any atom is -0.481 e. The van der Waals surface area contributed by atoms with Crippen molar-refractivity contribution in [3.8, 4) is 0 Å². The number of hydrogen-bond donors (Lipinski definition) is 1. The van der Waals surface area contributed by atoms with E-state index in [-0.39, 0.29) is 30.7 Å². The van der Waals surface area contributed by atoms with Crippen LogP contribution >= 0.6 is 0 Å². The summed E-state index contributed by atoms with van der Waals surface area (Å²) in [5.41, 5.74) is 1.15. The van der Waals surface area contributed by atoms with E-state index >= 15 is 0 Å². The Morgan fingerprint density at radius 3 is 2.57 bits per heavy atom. The number of nitrogens with zero attached hydrogens (tertiary/aromatic N) is 2. The number of amides is 1. The second-order valence-electron chi connectivity index (χ2n) is 8.97. The lowest BCUT2D eigenvalue weighted by atomic mass is 9.72. The van der Waals surface area contributed by atoms with Crippen molar-refractivity contribution in [1.82, 2.24) is 9.47 Å². The number of benzene rings is 1. The Kier molecular flexibility index (Phi) is 4.65. The highest BCUT2D eigenvalue weighted by molar-refractivity contribution is 6.10. The molecule has 2 saturated heterocycles. The number of ether oxygens (including phenoxy) is 1. The molecule has 1 aromatic heterocycles. The van der Waals surface area contributed by atoms with Gasteiger partial charge in [-0.3, -0.25) is 14.4 Å². The lowest BCUT2D eigenvalue weighted by Gasteiger charge is -2.36. The van der Waals surface area contributed by atoms with Gasteiger partial charge in [0.1, 0.15) is 6.54 Å². The van der Waals surface area contributed by atoms with Gasteiger partial charge >= 0.3 is 5.97 Å². The normalized spacial score (nSPS) is 23.2. The van der Waals surface area contributed by atoms with Gasteiger partial charge in [-0.25, -0.2) is 0 Å². The smallest absolute Gasteiger partial charge is 0.308 e. The molecule has 1 aromatic carbocycles. The number of Topliss-reactive ketones (excluding diaryl/α,β-unsaturated/α-hetero) is 1. The van der Waals surface area contributed by atoms with Crippen LogP contribution < -0.4 is 0 Å². The second-order valence-corrected chi connectivity index (χ2v) is 8.97. The van der Waals surface area contributed by atoms with E-state index < -0.39 is 17.3 Å². The average molecular weight is 410 g/mol. The number of para-hydroxylation sites is 1. The maximum absolute atomic E-state index is 13.2. The van der Waals surface area contributed by atoms with Crippen LogP contribution in [0.3, 0.4) is 0 Å². The molecule has 3 fully saturated rings. The summed E-state index contributed by atoms with van der Waals surface area (Å²) in [5.74, 6) is -1.22. The molecule has 1 saturated carbocycles. The van der Waals surface area contributed by atoms with E-state index in [1.54, 1.807) is 11.1 Å². The van der Waals surface area contributed by atoms with Gasteiger partial charge in [0.15, 0.2) is 5.78 Å². The number of aliphatic carboxylic acids is 1. The van der Waals surface area contributed by atoms with E-state index in [0.717, 1.165) is 23.7 Å². The van der Waals surface area contributed by atoms with Crippen LogP contribution in [-0.4, -0.2) is 58.5 Å². The number of carbonyl (C=O) groups is 3. The topological polar surface area (TPSA) is 88.8 Å². The summed E-state index contributed by atoms with van der Waals surface area (Å²) in [6.07, 6.45) is 5.01. The van der Waals surface area contributed by atoms with E-state index in [9.17, 15) is 19.5 Å². The quantitative estimate of drug-likeness (QED) is 0.766. The second kappa shape index (κ2) is 7.23. The molecule has 1 amide bonds. The van der Waals surface area contributed by atoms with Crippen molar-refractivity contribution >= 4 is 28.6 Å².